The van der Waals surface area contributed by atoms with Crippen molar-refractivity contribution in [3.05, 3.63) is 53.4 Å². The third kappa shape index (κ3) is 26.3. The van der Waals surface area contributed by atoms with Crippen LogP contribution in [0.1, 0.15) is 83.2 Å². The zero-order valence-electron chi connectivity index (χ0n) is 32.0. The van der Waals surface area contributed by atoms with E-state index in [1.165, 1.54) is 47.2 Å². The van der Waals surface area contributed by atoms with E-state index in [1.54, 1.807) is 12.4 Å². The number of aromatic nitrogens is 4. The molecule has 278 valence electrons. The maximum absolute atomic E-state index is 11.9. The summed E-state index contributed by atoms with van der Waals surface area (Å²) in [7, 11) is 5.89. The number of carbonyl (C=O) groups excluding carboxylic acids is 4. The molecule has 0 aliphatic carbocycles. The van der Waals surface area contributed by atoms with Gasteiger partial charge >= 0.3 is 18.9 Å². The number of hydrogen-bond acceptors (Lipinski definition) is 13. The molecule has 0 bridgehead atoms. The molecule has 0 radical (unpaired) electrons. The Kier molecular flexibility index (Phi) is 30.2. The number of halogens is 1. The molecule has 2 heterocycles. The molecule has 50 heavy (non-hydrogen) atoms. The van der Waals surface area contributed by atoms with Gasteiger partial charge in [0.2, 0.25) is 5.78 Å². The minimum Gasteiger partial charge on any atom is -0.359 e. The summed E-state index contributed by atoms with van der Waals surface area (Å²) in [6, 6.07) is 0. The summed E-state index contributed by atoms with van der Waals surface area (Å²) >= 11 is 3.19. The summed E-state index contributed by atoms with van der Waals surface area (Å²) in [5, 5.41) is 1.09. The Bertz CT molecular complexity index is 1220. The quantitative estimate of drug-likeness (QED) is 0.0646. The number of carbonyl (C=O) groups is 4. The van der Waals surface area contributed by atoms with Crippen LogP contribution in [-0.4, -0.2) is 103 Å². The zero-order valence-corrected chi connectivity index (χ0v) is 33.5. The van der Waals surface area contributed by atoms with Crippen LogP contribution in [0, 0.1) is 17.8 Å². The van der Waals surface area contributed by atoms with E-state index in [1.807, 2.05) is 41.5 Å². The number of methoxy groups -OCH3 is 2. The van der Waals surface area contributed by atoms with Crippen LogP contribution in [0.2, 0.25) is 0 Å². The van der Waals surface area contributed by atoms with Gasteiger partial charge in [0, 0.05) is 38.3 Å². The van der Waals surface area contributed by atoms with Gasteiger partial charge in [0.15, 0.2) is 0 Å². The molecule has 2 aromatic rings. The first kappa shape index (κ1) is 51.9. The Hall–Kier alpha value is -2.48. The number of nitrogens with zero attached hydrogens (tertiary/aromatic N) is 5. The molecule has 2 aromatic heterocycles. The zero-order chi connectivity index (χ0) is 38.0. The molecule has 14 nitrogen and oxygen atoms in total. The van der Waals surface area contributed by atoms with Gasteiger partial charge in [-0.15, -0.1) is 0 Å². The van der Waals surface area contributed by atoms with Gasteiger partial charge in [-0.3, -0.25) is 34.0 Å². The average molecular weight is 765 g/mol. The number of rotatable bonds is 15. The van der Waals surface area contributed by atoms with Gasteiger partial charge in [0.1, 0.15) is 48.7 Å². The monoisotopic (exact) mass is 763 g/mol. The van der Waals surface area contributed by atoms with Crippen molar-refractivity contribution in [1.29, 1.82) is 0 Å². The number of ketones is 3. The normalized spacial score (nSPS) is 10.5. The second-order valence-electron chi connectivity index (χ2n) is 12.3. The fraction of sp³-hybridized carbons (Fsp3) is 0.618. The van der Waals surface area contributed by atoms with Crippen molar-refractivity contribution in [1.82, 2.24) is 25.0 Å². The van der Waals surface area contributed by atoms with Crippen LogP contribution in [0.3, 0.4) is 0 Å². The van der Waals surface area contributed by atoms with Gasteiger partial charge in [0.25, 0.3) is 5.91 Å². The van der Waals surface area contributed by atoms with Gasteiger partial charge in [-0.25, -0.2) is 15.0 Å². The van der Waals surface area contributed by atoms with Gasteiger partial charge in [-0.1, -0.05) is 54.9 Å². The Labute approximate surface area is 318 Å². The van der Waals surface area contributed by atoms with E-state index in [4.69, 9.17) is 9.47 Å². The first-order valence-corrected chi connectivity index (χ1v) is 16.3. The van der Waals surface area contributed by atoms with Crippen molar-refractivity contribution in [3.63, 3.8) is 0 Å². The van der Waals surface area contributed by atoms with Crippen molar-refractivity contribution in [2.75, 3.05) is 55.2 Å². The molecule has 0 saturated carbocycles. The molecule has 0 aliphatic rings. The van der Waals surface area contributed by atoms with E-state index in [9.17, 15) is 19.2 Å². The minimum absolute atomic E-state index is 0. The second-order valence-corrected chi connectivity index (χ2v) is 13.1. The van der Waals surface area contributed by atoms with Crippen LogP contribution in [0.4, 0.5) is 0 Å². The molecule has 1 amide bonds. The molecule has 16 heteroatoms. The number of amides is 1. The van der Waals surface area contributed by atoms with Crippen LogP contribution in [0.15, 0.2) is 29.4 Å². The Morgan fingerprint density at radius 1 is 0.760 bits per heavy atom. The number of hydroxylamine groups is 2. The summed E-state index contributed by atoms with van der Waals surface area (Å²) in [4.78, 5) is 66.9. The maximum Gasteiger partial charge on any atom is 1.00 e. The van der Waals surface area contributed by atoms with E-state index in [0.717, 1.165) is 11.5 Å². The van der Waals surface area contributed by atoms with Crippen molar-refractivity contribution in [3.8, 4) is 0 Å². The van der Waals surface area contributed by atoms with E-state index < -0.39 is 5.41 Å². The average Bonchev–Trinajstić information content (AvgIpc) is 3.05. The van der Waals surface area contributed by atoms with Gasteiger partial charge < -0.3 is 25.9 Å². The fourth-order valence-corrected chi connectivity index (χ4v) is 2.78. The predicted molar refractivity (Wildman–Crippen MR) is 188 cm³/mol. The molecule has 0 N–H and O–H groups in total. The third-order valence-corrected chi connectivity index (χ3v) is 6.27. The van der Waals surface area contributed by atoms with Gasteiger partial charge in [-0.2, -0.15) is 6.42 Å². The maximum atomic E-state index is 11.9. The molecular formula is C34H55BrLiN5O9. The summed E-state index contributed by atoms with van der Waals surface area (Å²) in [5.74, 6) is -0.267. The molecule has 0 unspecified atom stereocenters. The molecule has 0 aromatic carbocycles. The Balaban J connectivity index is -0.000000647. The molecule has 0 atom stereocenters. The van der Waals surface area contributed by atoms with E-state index in [-0.39, 0.29) is 86.4 Å². The topological polar surface area (TPSA) is 169 Å². The van der Waals surface area contributed by atoms with Crippen molar-refractivity contribution in [2.24, 2.45) is 10.8 Å². The Morgan fingerprint density at radius 2 is 1.20 bits per heavy atom. The van der Waals surface area contributed by atoms with Gasteiger partial charge in [-0.05, 0) is 15.9 Å². The molecule has 0 fully saturated rings. The van der Waals surface area contributed by atoms with Crippen molar-refractivity contribution in [2.45, 2.75) is 74.1 Å². The summed E-state index contributed by atoms with van der Waals surface area (Å²) < 4.78 is 19.7. The number of hydrogen-bond donors (Lipinski definition) is 0. The van der Waals surface area contributed by atoms with Crippen LogP contribution in [0.5, 0.6) is 0 Å². The van der Waals surface area contributed by atoms with E-state index in [2.05, 4.69) is 64.0 Å². The van der Waals surface area contributed by atoms with Crippen molar-refractivity contribution >= 4 is 39.2 Å². The molecular weight excluding hydrogens is 709 g/mol. The summed E-state index contributed by atoms with van der Waals surface area (Å²) in [6.07, 6.45) is 8.88. The first-order valence-electron chi connectivity index (χ1n) is 15.5. The molecule has 0 aliphatic heterocycles. The van der Waals surface area contributed by atoms with Crippen LogP contribution < -0.4 is 18.9 Å². The molecule has 0 saturated heterocycles. The van der Waals surface area contributed by atoms with E-state index in [0.29, 0.717) is 22.4 Å². The fourth-order valence-electron chi connectivity index (χ4n) is 2.58. The van der Waals surface area contributed by atoms with E-state index >= 15 is 0 Å². The number of likely N-dealkylation sites (N-methyl/N-ethyl adjacent to an activating group) is 1. The SMILES string of the molecule is CC(C)(C)C(=O)Cc1cnc(Br)cn1.COCOCC(=O)N(C)OC.COCOCC(=O)c1cnc(CC(=O)C(C)(C)C)cn1.[CH2-]CCC.[Li+]. The largest absolute Gasteiger partial charge is 1.00 e. The number of Topliss-reactive ketones (excluding diaryl/α,β-unsaturated/α-hetero) is 3. The second kappa shape index (κ2) is 29.1. The summed E-state index contributed by atoms with van der Waals surface area (Å²) in [5.41, 5.74) is 0.763. The van der Waals surface area contributed by atoms with Crippen LogP contribution >= 0.6 is 15.9 Å². The smallest absolute Gasteiger partial charge is 0.359 e. The third-order valence-electron chi connectivity index (χ3n) is 5.86. The van der Waals surface area contributed by atoms with Crippen LogP contribution in [0.25, 0.3) is 0 Å². The summed E-state index contributed by atoms with van der Waals surface area (Å²) in [6.45, 7) is 17.0. The minimum atomic E-state index is -0.413. The standard InChI is InChI=1S/C14H20N2O4.C10H13BrN2O.C6H13NO4.C4H9.Li/c1-14(2,3)13(18)5-10-6-16-11(7-15-10)12(17)8-20-9-19-4;1-10(2,3)8(14)4-7-5-13-9(11)6-12-7;1-7(10-3)6(8)4-11-5-9-2;1-3-4-2;/h6-7H,5,8-9H2,1-4H3;5-6H,4H2,1-3H3;4-5H2,1-3H3;1,3-4H2,2H3;/q;;;-1;+1. The molecule has 0 spiro atoms. The number of unbranched alkanes of at least 4 members (excludes halogenated alkanes) is 1. The predicted octanol–water partition coefficient (Wildman–Crippen LogP) is 2.09. The van der Waals surface area contributed by atoms with Crippen molar-refractivity contribution < 1.29 is 61.8 Å². The first-order chi connectivity index (χ1) is 22.9. The molecule has 2 rings (SSSR count). The van der Waals surface area contributed by atoms with Crippen LogP contribution in [-0.2, 0) is 51.0 Å². The van der Waals surface area contributed by atoms with Gasteiger partial charge in [0.05, 0.1) is 49.9 Å². The Morgan fingerprint density at radius 3 is 1.54 bits per heavy atom. The number of ether oxygens (including phenoxy) is 4.